The Hall–Kier alpha value is -1.26. The molecule has 4 nitrogen and oxygen atoms in total. The van der Waals surface area contributed by atoms with E-state index >= 15 is 0 Å². The maximum atomic E-state index is 5.83. The van der Waals surface area contributed by atoms with Crippen LogP contribution >= 0.6 is 0 Å². The second kappa shape index (κ2) is 7.14. The number of methoxy groups -OCH3 is 1. The smallest absolute Gasteiger partial charge is 0.124 e. The first-order chi connectivity index (χ1) is 8.15. The van der Waals surface area contributed by atoms with Gasteiger partial charge in [-0.1, -0.05) is 6.07 Å². The molecular formula is C13H21NO3. The van der Waals surface area contributed by atoms with Crippen molar-refractivity contribution in [2.24, 2.45) is 0 Å². The first-order valence-electron chi connectivity index (χ1n) is 5.71. The van der Waals surface area contributed by atoms with Crippen LogP contribution in [0.15, 0.2) is 12.1 Å². The Bertz CT molecular complexity index is 353. The molecule has 0 atom stereocenters. The zero-order chi connectivity index (χ0) is 12.7. The van der Waals surface area contributed by atoms with Gasteiger partial charge in [0.25, 0.3) is 0 Å². The van der Waals surface area contributed by atoms with Crippen molar-refractivity contribution in [3.05, 3.63) is 23.3 Å². The molecule has 1 aromatic rings. The molecule has 0 amide bonds. The van der Waals surface area contributed by atoms with Gasteiger partial charge in [0.2, 0.25) is 0 Å². The average Bonchev–Trinajstić information content (AvgIpc) is 2.30. The Balaban J connectivity index is 2.34. The van der Waals surface area contributed by atoms with Crippen molar-refractivity contribution < 1.29 is 14.2 Å². The number of anilines is 1. The molecular weight excluding hydrogens is 218 g/mol. The van der Waals surface area contributed by atoms with Gasteiger partial charge in [-0.15, -0.1) is 0 Å². The van der Waals surface area contributed by atoms with Crippen molar-refractivity contribution in [3.8, 4) is 5.75 Å². The topological polar surface area (TPSA) is 53.7 Å². The van der Waals surface area contributed by atoms with Crippen LogP contribution in [-0.4, -0.2) is 33.5 Å². The number of rotatable bonds is 7. The molecule has 0 aliphatic carbocycles. The molecule has 0 radical (unpaired) electrons. The van der Waals surface area contributed by atoms with E-state index in [1.54, 1.807) is 7.11 Å². The van der Waals surface area contributed by atoms with Gasteiger partial charge in [0.15, 0.2) is 0 Å². The minimum absolute atomic E-state index is 0.521. The van der Waals surface area contributed by atoms with E-state index in [1.807, 2.05) is 26.0 Å². The fourth-order valence-electron chi connectivity index (χ4n) is 1.46. The SMILES string of the molecule is COCCOCCOc1cc(N)c(C)cc1C. The van der Waals surface area contributed by atoms with Gasteiger partial charge in [0, 0.05) is 18.9 Å². The van der Waals surface area contributed by atoms with Gasteiger partial charge in [-0.3, -0.25) is 0 Å². The third-order valence-corrected chi connectivity index (χ3v) is 2.48. The van der Waals surface area contributed by atoms with E-state index < -0.39 is 0 Å². The van der Waals surface area contributed by atoms with E-state index in [-0.39, 0.29) is 0 Å². The Kier molecular flexibility index (Phi) is 5.80. The molecule has 96 valence electrons. The molecule has 1 rings (SSSR count). The number of benzene rings is 1. The summed E-state index contributed by atoms with van der Waals surface area (Å²) in [5.41, 5.74) is 8.75. The fraction of sp³-hybridized carbons (Fsp3) is 0.538. The van der Waals surface area contributed by atoms with Crippen LogP contribution in [0.1, 0.15) is 11.1 Å². The highest BCUT2D eigenvalue weighted by Gasteiger charge is 2.03. The number of ether oxygens (including phenoxy) is 3. The van der Waals surface area contributed by atoms with Crippen LogP contribution in [0.2, 0.25) is 0 Å². The summed E-state index contributed by atoms with van der Waals surface area (Å²) in [5, 5.41) is 0. The summed E-state index contributed by atoms with van der Waals surface area (Å²) in [5.74, 6) is 0.823. The highest BCUT2D eigenvalue weighted by atomic mass is 16.5. The minimum Gasteiger partial charge on any atom is -0.491 e. The molecule has 0 aromatic heterocycles. The van der Waals surface area contributed by atoms with E-state index in [2.05, 4.69) is 0 Å². The van der Waals surface area contributed by atoms with Crippen molar-refractivity contribution >= 4 is 5.69 Å². The van der Waals surface area contributed by atoms with Crippen LogP contribution in [0.4, 0.5) is 5.69 Å². The molecule has 1 aromatic carbocycles. The van der Waals surface area contributed by atoms with Gasteiger partial charge in [-0.25, -0.2) is 0 Å². The first kappa shape index (κ1) is 13.8. The lowest BCUT2D eigenvalue weighted by atomic mass is 10.1. The number of nitrogen functional groups attached to an aromatic ring is 1. The summed E-state index contributed by atoms with van der Waals surface area (Å²) in [6.45, 7) is 6.27. The monoisotopic (exact) mass is 239 g/mol. The first-order valence-corrected chi connectivity index (χ1v) is 5.71. The Morgan fingerprint density at radius 3 is 2.41 bits per heavy atom. The highest BCUT2D eigenvalue weighted by Crippen LogP contribution is 2.24. The Morgan fingerprint density at radius 2 is 1.71 bits per heavy atom. The van der Waals surface area contributed by atoms with E-state index in [0.29, 0.717) is 26.4 Å². The van der Waals surface area contributed by atoms with Crippen LogP contribution in [0.3, 0.4) is 0 Å². The second-order valence-electron chi connectivity index (χ2n) is 3.93. The summed E-state index contributed by atoms with van der Waals surface area (Å²) in [4.78, 5) is 0. The molecule has 0 heterocycles. The van der Waals surface area contributed by atoms with Crippen LogP contribution in [-0.2, 0) is 9.47 Å². The number of hydrogen-bond donors (Lipinski definition) is 1. The number of hydrogen-bond acceptors (Lipinski definition) is 4. The van der Waals surface area contributed by atoms with Crippen molar-refractivity contribution in [3.63, 3.8) is 0 Å². The molecule has 4 heteroatoms. The summed E-state index contributed by atoms with van der Waals surface area (Å²) in [7, 11) is 1.65. The zero-order valence-corrected chi connectivity index (χ0v) is 10.8. The molecule has 0 aliphatic heterocycles. The zero-order valence-electron chi connectivity index (χ0n) is 10.8. The molecule has 0 spiro atoms. The van der Waals surface area contributed by atoms with Crippen LogP contribution in [0.5, 0.6) is 5.75 Å². The Labute approximate surface area is 103 Å². The van der Waals surface area contributed by atoms with Gasteiger partial charge < -0.3 is 19.9 Å². The van der Waals surface area contributed by atoms with Gasteiger partial charge >= 0.3 is 0 Å². The molecule has 0 bridgehead atoms. The summed E-state index contributed by atoms with van der Waals surface area (Å²) < 4.78 is 15.8. The Morgan fingerprint density at radius 1 is 1.00 bits per heavy atom. The third-order valence-electron chi connectivity index (χ3n) is 2.48. The van der Waals surface area contributed by atoms with Gasteiger partial charge in [-0.05, 0) is 25.0 Å². The lowest BCUT2D eigenvalue weighted by Gasteiger charge is -2.11. The number of nitrogens with two attached hydrogens (primary N) is 1. The molecule has 0 saturated heterocycles. The maximum Gasteiger partial charge on any atom is 0.124 e. The van der Waals surface area contributed by atoms with Crippen LogP contribution in [0, 0.1) is 13.8 Å². The van der Waals surface area contributed by atoms with E-state index in [4.69, 9.17) is 19.9 Å². The molecule has 0 unspecified atom stereocenters. The molecule has 0 aliphatic rings. The van der Waals surface area contributed by atoms with Crippen LogP contribution in [0.25, 0.3) is 0 Å². The lowest BCUT2D eigenvalue weighted by Crippen LogP contribution is -2.10. The van der Waals surface area contributed by atoms with Crippen molar-refractivity contribution in [2.45, 2.75) is 13.8 Å². The lowest BCUT2D eigenvalue weighted by molar-refractivity contribution is 0.0543. The molecule has 17 heavy (non-hydrogen) atoms. The molecule has 2 N–H and O–H groups in total. The van der Waals surface area contributed by atoms with E-state index in [9.17, 15) is 0 Å². The van der Waals surface area contributed by atoms with Gasteiger partial charge in [0.05, 0.1) is 19.8 Å². The molecule has 0 saturated carbocycles. The fourth-order valence-corrected chi connectivity index (χ4v) is 1.46. The van der Waals surface area contributed by atoms with Gasteiger partial charge in [0.1, 0.15) is 12.4 Å². The largest absolute Gasteiger partial charge is 0.491 e. The third kappa shape index (κ3) is 4.63. The predicted molar refractivity (Wildman–Crippen MR) is 68.5 cm³/mol. The van der Waals surface area contributed by atoms with E-state index in [1.165, 1.54) is 0 Å². The van der Waals surface area contributed by atoms with E-state index in [0.717, 1.165) is 22.6 Å². The second-order valence-corrected chi connectivity index (χ2v) is 3.93. The average molecular weight is 239 g/mol. The maximum absolute atomic E-state index is 5.83. The molecule has 0 fully saturated rings. The van der Waals surface area contributed by atoms with Crippen molar-refractivity contribution in [2.75, 3.05) is 39.3 Å². The summed E-state index contributed by atoms with van der Waals surface area (Å²) in [6.07, 6.45) is 0. The predicted octanol–water partition coefficient (Wildman–Crippen LogP) is 1.93. The summed E-state index contributed by atoms with van der Waals surface area (Å²) >= 11 is 0. The minimum atomic E-state index is 0.521. The van der Waals surface area contributed by atoms with Gasteiger partial charge in [-0.2, -0.15) is 0 Å². The normalized spacial score (nSPS) is 10.5. The highest BCUT2D eigenvalue weighted by molar-refractivity contribution is 5.54. The van der Waals surface area contributed by atoms with Crippen LogP contribution < -0.4 is 10.5 Å². The summed E-state index contributed by atoms with van der Waals surface area (Å²) in [6, 6.07) is 3.89. The van der Waals surface area contributed by atoms with Crippen molar-refractivity contribution in [1.29, 1.82) is 0 Å². The van der Waals surface area contributed by atoms with Crippen molar-refractivity contribution in [1.82, 2.24) is 0 Å². The number of aryl methyl sites for hydroxylation is 2. The standard InChI is InChI=1S/C13H21NO3/c1-10-8-11(2)13(9-12(10)14)17-7-6-16-5-4-15-3/h8-9H,4-7,14H2,1-3H3. The quantitative estimate of drug-likeness (QED) is 0.583.